The van der Waals surface area contributed by atoms with Crippen molar-refractivity contribution in [1.82, 2.24) is 30.0 Å². The number of pyridine rings is 1. The zero-order chi connectivity index (χ0) is 26.0. The van der Waals surface area contributed by atoms with Crippen molar-refractivity contribution in [2.45, 2.75) is 38.8 Å². The molecule has 11 heteroatoms. The molecule has 1 aromatic carbocycles. The van der Waals surface area contributed by atoms with Gasteiger partial charge in [0.05, 0.1) is 40.7 Å². The first-order valence-corrected chi connectivity index (χ1v) is 12.1. The van der Waals surface area contributed by atoms with Crippen molar-refractivity contribution in [2.75, 3.05) is 23.8 Å². The lowest BCUT2D eigenvalue weighted by atomic mass is 10.0. The number of hydrogen-bond donors (Lipinski definition) is 3. The summed E-state index contributed by atoms with van der Waals surface area (Å²) in [5.41, 5.74) is 2.75. The SMILES string of the molecule is CCCN1C(=O)c2cnc(Nc3cc(N[C@H](CO)c4ccccc4)c(-c4ncno4)cn3)nc2C1(C)C. The molecule has 37 heavy (non-hydrogen) atoms. The number of carbonyl (C=O) groups excluding carboxylic acids is 1. The highest BCUT2D eigenvalue weighted by Crippen LogP contribution is 2.38. The molecule has 0 saturated carbocycles. The highest BCUT2D eigenvalue weighted by molar-refractivity contribution is 5.99. The summed E-state index contributed by atoms with van der Waals surface area (Å²) in [5, 5.41) is 20.3. The van der Waals surface area contributed by atoms with Gasteiger partial charge in [-0.15, -0.1) is 0 Å². The first-order chi connectivity index (χ1) is 17.9. The van der Waals surface area contributed by atoms with Crippen LogP contribution in [-0.4, -0.2) is 54.2 Å². The monoisotopic (exact) mass is 500 g/mol. The molecule has 11 nitrogen and oxygen atoms in total. The zero-order valence-electron chi connectivity index (χ0n) is 20.8. The van der Waals surface area contributed by atoms with E-state index in [1.165, 1.54) is 6.33 Å². The summed E-state index contributed by atoms with van der Waals surface area (Å²) in [6.07, 6.45) is 5.33. The minimum absolute atomic E-state index is 0.0575. The molecule has 0 radical (unpaired) electrons. The van der Waals surface area contributed by atoms with Gasteiger partial charge in [-0.3, -0.25) is 4.79 Å². The maximum absolute atomic E-state index is 12.9. The van der Waals surface area contributed by atoms with Crippen LogP contribution in [0.1, 0.15) is 54.8 Å². The van der Waals surface area contributed by atoms with Crippen LogP contribution >= 0.6 is 0 Å². The Balaban J connectivity index is 1.47. The quantitative estimate of drug-likeness (QED) is 0.309. The van der Waals surface area contributed by atoms with E-state index in [1.807, 2.05) is 56.0 Å². The number of nitrogens with one attached hydrogen (secondary N) is 2. The molecule has 190 valence electrons. The van der Waals surface area contributed by atoms with Crippen LogP contribution in [0.5, 0.6) is 0 Å². The van der Waals surface area contributed by atoms with Gasteiger partial charge in [-0.2, -0.15) is 4.98 Å². The van der Waals surface area contributed by atoms with E-state index in [1.54, 1.807) is 18.5 Å². The Morgan fingerprint density at radius 1 is 1.11 bits per heavy atom. The Kier molecular flexibility index (Phi) is 6.53. The van der Waals surface area contributed by atoms with Gasteiger partial charge in [0.25, 0.3) is 11.8 Å². The van der Waals surface area contributed by atoms with Crippen LogP contribution in [-0.2, 0) is 5.54 Å². The highest BCUT2D eigenvalue weighted by Gasteiger charge is 2.44. The van der Waals surface area contributed by atoms with Crippen LogP contribution in [0.4, 0.5) is 17.5 Å². The van der Waals surface area contributed by atoms with Gasteiger partial charge in [0.1, 0.15) is 5.82 Å². The van der Waals surface area contributed by atoms with Gasteiger partial charge in [-0.05, 0) is 25.8 Å². The molecule has 0 fully saturated rings. The fourth-order valence-electron chi connectivity index (χ4n) is 4.52. The van der Waals surface area contributed by atoms with Gasteiger partial charge in [0.15, 0.2) is 6.33 Å². The second kappa shape index (κ2) is 9.94. The van der Waals surface area contributed by atoms with E-state index in [0.29, 0.717) is 40.8 Å². The Morgan fingerprint density at radius 3 is 2.59 bits per heavy atom. The second-order valence-corrected chi connectivity index (χ2v) is 9.25. The van der Waals surface area contributed by atoms with Crippen LogP contribution in [0, 0.1) is 0 Å². The molecule has 1 amide bonds. The molecule has 0 unspecified atom stereocenters. The molecule has 3 N–H and O–H groups in total. The smallest absolute Gasteiger partial charge is 0.261 e. The number of hydrogen-bond acceptors (Lipinski definition) is 10. The summed E-state index contributed by atoms with van der Waals surface area (Å²) in [5.74, 6) is 1.01. The summed E-state index contributed by atoms with van der Waals surface area (Å²) in [6.45, 7) is 6.53. The predicted molar refractivity (Wildman–Crippen MR) is 137 cm³/mol. The summed E-state index contributed by atoms with van der Waals surface area (Å²) >= 11 is 0. The van der Waals surface area contributed by atoms with Gasteiger partial charge in [0, 0.05) is 25.0 Å². The number of amides is 1. The number of anilines is 3. The van der Waals surface area contributed by atoms with Crippen molar-refractivity contribution in [3.8, 4) is 11.5 Å². The third kappa shape index (κ3) is 4.60. The molecular weight excluding hydrogens is 472 g/mol. The lowest BCUT2D eigenvalue weighted by molar-refractivity contribution is 0.0615. The molecule has 1 aliphatic heterocycles. The van der Waals surface area contributed by atoms with Crippen molar-refractivity contribution in [3.63, 3.8) is 0 Å². The van der Waals surface area contributed by atoms with E-state index in [0.717, 1.165) is 12.0 Å². The van der Waals surface area contributed by atoms with Crippen LogP contribution in [0.25, 0.3) is 11.5 Å². The van der Waals surface area contributed by atoms with E-state index in [4.69, 9.17) is 4.52 Å². The first-order valence-electron chi connectivity index (χ1n) is 12.1. The standard InChI is InChI=1S/C26H28N8O3/c1-4-10-34-24(36)18-13-28-25(33-22(18)26(34,2)3)32-21-11-19(17(12-27-21)23-29-15-30-37-23)31-20(14-35)16-8-6-5-7-9-16/h5-9,11-13,15,20,35H,4,10,14H2,1-3H3,(H2,27,28,31,32,33)/t20-/m1/s1. The van der Waals surface area contributed by atoms with Crippen LogP contribution in [0.3, 0.4) is 0 Å². The fourth-order valence-corrected chi connectivity index (χ4v) is 4.52. The van der Waals surface area contributed by atoms with Crippen molar-refractivity contribution >= 4 is 23.4 Å². The molecule has 0 aliphatic carbocycles. The van der Waals surface area contributed by atoms with E-state index >= 15 is 0 Å². The summed E-state index contributed by atoms with van der Waals surface area (Å²) in [4.78, 5) is 32.4. The Bertz CT molecular complexity index is 1390. The molecule has 0 saturated heterocycles. The highest BCUT2D eigenvalue weighted by atomic mass is 16.5. The number of aliphatic hydroxyl groups excluding tert-OH is 1. The fraction of sp³-hybridized carbons (Fsp3) is 0.308. The van der Waals surface area contributed by atoms with Gasteiger partial charge in [0.2, 0.25) is 5.95 Å². The number of nitrogens with zero attached hydrogens (tertiary/aromatic N) is 6. The number of fused-ring (bicyclic) bond motifs is 1. The van der Waals surface area contributed by atoms with Crippen LogP contribution < -0.4 is 10.6 Å². The summed E-state index contributed by atoms with van der Waals surface area (Å²) in [7, 11) is 0. The molecule has 4 heterocycles. The van der Waals surface area contributed by atoms with Crippen molar-refractivity contribution < 1.29 is 14.4 Å². The Labute approximate surface area is 214 Å². The average molecular weight is 501 g/mol. The third-order valence-electron chi connectivity index (χ3n) is 6.42. The minimum Gasteiger partial charge on any atom is -0.394 e. The van der Waals surface area contributed by atoms with Gasteiger partial charge >= 0.3 is 0 Å². The minimum atomic E-state index is -0.548. The van der Waals surface area contributed by atoms with Crippen molar-refractivity contribution in [2.24, 2.45) is 0 Å². The maximum atomic E-state index is 12.9. The van der Waals surface area contributed by atoms with Gasteiger partial charge in [-0.25, -0.2) is 15.0 Å². The second-order valence-electron chi connectivity index (χ2n) is 9.25. The lowest BCUT2D eigenvalue weighted by Crippen LogP contribution is -2.39. The number of aliphatic hydroxyl groups is 1. The molecule has 0 spiro atoms. The molecule has 1 aliphatic rings. The molecule has 0 bridgehead atoms. The predicted octanol–water partition coefficient (Wildman–Crippen LogP) is 3.91. The van der Waals surface area contributed by atoms with E-state index in [2.05, 4.69) is 35.7 Å². The van der Waals surface area contributed by atoms with Crippen molar-refractivity contribution in [1.29, 1.82) is 0 Å². The average Bonchev–Trinajstić information content (AvgIpc) is 3.50. The number of benzene rings is 1. The topological polar surface area (TPSA) is 142 Å². The zero-order valence-corrected chi connectivity index (χ0v) is 20.8. The largest absolute Gasteiger partial charge is 0.394 e. The molecule has 3 aromatic heterocycles. The molecule has 5 rings (SSSR count). The first kappa shape index (κ1) is 24.3. The normalized spacial score (nSPS) is 14.9. The molecule has 1 atom stereocenters. The van der Waals surface area contributed by atoms with E-state index in [-0.39, 0.29) is 24.4 Å². The van der Waals surface area contributed by atoms with E-state index in [9.17, 15) is 9.90 Å². The van der Waals surface area contributed by atoms with Crippen LogP contribution in [0.2, 0.25) is 0 Å². The number of rotatable bonds is 9. The van der Waals surface area contributed by atoms with Crippen molar-refractivity contribution in [3.05, 3.63) is 71.9 Å². The maximum Gasteiger partial charge on any atom is 0.261 e. The molecular formula is C26H28N8O3. The van der Waals surface area contributed by atoms with Crippen LogP contribution in [0.15, 0.2) is 59.6 Å². The van der Waals surface area contributed by atoms with E-state index < -0.39 is 5.54 Å². The van der Waals surface area contributed by atoms with Gasteiger partial charge < -0.3 is 25.2 Å². The Morgan fingerprint density at radius 2 is 1.89 bits per heavy atom. The van der Waals surface area contributed by atoms with Gasteiger partial charge in [-0.1, -0.05) is 42.4 Å². The number of aromatic nitrogens is 5. The Hall–Kier alpha value is -4.38. The molecule has 4 aromatic rings. The summed E-state index contributed by atoms with van der Waals surface area (Å²) < 4.78 is 5.27. The summed E-state index contributed by atoms with van der Waals surface area (Å²) in [6, 6.07) is 11.0. The lowest BCUT2D eigenvalue weighted by Gasteiger charge is -2.31. The number of carbonyl (C=O) groups is 1. The third-order valence-corrected chi connectivity index (χ3v) is 6.42.